The second-order valence-corrected chi connectivity index (χ2v) is 16.3. The third kappa shape index (κ3) is 38.9. The highest BCUT2D eigenvalue weighted by Gasteiger charge is 2.22. The Balaban J connectivity index is 3.64. The van der Waals surface area contributed by atoms with Crippen LogP contribution in [0.1, 0.15) is 251 Å². The summed E-state index contributed by atoms with van der Waals surface area (Å²) in [4.78, 5) is 12.5. The standard InChI is InChI=1S/C48H93NO4/c1-3-5-7-9-11-13-15-17-19-21-22-23-24-25-27-29-31-33-35-37-39-41-43-47(52)48(53)49-45(44-50)46(51)42-40-38-36-34-32-30-28-26-20-18-16-14-12-10-8-6-4-2/h32,34,40,42,45-47,50-52H,3-31,33,35-39,41,43-44H2,1-2H3,(H,49,53)/b34-32+,42-40+. The zero-order valence-electron chi connectivity index (χ0n) is 35.7. The third-order valence-electron chi connectivity index (χ3n) is 11.0. The first-order chi connectivity index (χ1) is 26.1. The van der Waals surface area contributed by atoms with E-state index in [4.69, 9.17) is 0 Å². The molecule has 5 nitrogen and oxygen atoms in total. The van der Waals surface area contributed by atoms with E-state index >= 15 is 0 Å². The average molecular weight is 748 g/mol. The summed E-state index contributed by atoms with van der Waals surface area (Å²) in [5.41, 5.74) is 0. The lowest BCUT2D eigenvalue weighted by Gasteiger charge is -2.21. The number of nitrogens with one attached hydrogen (secondary N) is 1. The summed E-state index contributed by atoms with van der Waals surface area (Å²) >= 11 is 0. The van der Waals surface area contributed by atoms with Crippen molar-refractivity contribution in [1.29, 1.82) is 0 Å². The molecule has 0 spiro atoms. The molecule has 0 aliphatic heterocycles. The Morgan fingerprint density at radius 1 is 0.453 bits per heavy atom. The molecule has 0 aromatic heterocycles. The van der Waals surface area contributed by atoms with E-state index in [9.17, 15) is 20.1 Å². The van der Waals surface area contributed by atoms with Crippen LogP contribution < -0.4 is 5.32 Å². The minimum absolute atomic E-state index is 0.373. The lowest BCUT2D eigenvalue weighted by atomic mass is 10.0. The molecule has 0 fully saturated rings. The molecule has 0 aromatic rings. The Kier molecular flexibility index (Phi) is 42.6. The molecule has 4 N–H and O–H groups in total. The zero-order chi connectivity index (χ0) is 38.7. The van der Waals surface area contributed by atoms with E-state index in [0.29, 0.717) is 6.42 Å². The fraction of sp³-hybridized carbons (Fsp3) is 0.896. The maximum atomic E-state index is 12.5. The second kappa shape index (κ2) is 43.6. The van der Waals surface area contributed by atoms with Gasteiger partial charge in [-0.15, -0.1) is 0 Å². The van der Waals surface area contributed by atoms with Crippen LogP contribution >= 0.6 is 0 Å². The van der Waals surface area contributed by atoms with E-state index in [-0.39, 0.29) is 6.61 Å². The number of allylic oxidation sites excluding steroid dienone is 3. The summed E-state index contributed by atoms with van der Waals surface area (Å²) in [6.07, 6.45) is 53.6. The molecule has 0 aromatic carbocycles. The summed E-state index contributed by atoms with van der Waals surface area (Å²) in [5, 5.41) is 33.2. The van der Waals surface area contributed by atoms with Crippen molar-refractivity contribution < 1.29 is 20.1 Å². The fourth-order valence-corrected chi connectivity index (χ4v) is 7.32. The molecule has 0 bridgehead atoms. The smallest absolute Gasteiger partial charge is 0.249 e. The number of unbranched alkanes of at least 4 members (excludes halogenated alkanes) is 33. The molecule has 0 aliphatic rings. The Morgan fingerprint density at radius 3 is 1.15 bits per heavy atom. The van der Waals surface area contributed by atoms with Gasteiger partial charge in [0.1, 0.15) is 6.10 Å². The van der Waals surface area contributed by atoms with Crippen molar-refractivity contribution in [2.45, 2.75) is 270 Å². The number of aliphatic hydroxyl groups excluding tert-OH is 3. The van der Waals surface area contributed by atoms with Crippen molar-refractivity contribution in [2.24, 2.45) is 0 Å². The number of amides is 1. The van der Waals surface area contributed by atoms with Gasteiger partial charge in [-0.3, -0.25) is 4.79 Å². The molecule has 0 aliphatic carbocycles. The van der Waals surface area contributed by atoms with Crippen LogP contribution in [0.5, 0.6) is 0 Å². The summed E-state index contributed by atoms with van der Waals surface area (Å²) in [6, 6.07) is -0.811. The van der Waals surface area contributed by atoms with Crippen LogP contribution in [0, 0.1) is 0 Å². The summed E-state index contributed by atoms with van der Waals surface area (Å²) in [7, 11) is 0. The molecule has 1 amide bonds. The van der Waals surface area contributed by atoms with Crippen molar-refractivity contribution in [3.05, 3.63) is 24.3 Å². The Labute approximate surface area is 331 Å². The molecule has 53 heavy (non-hydrogen) atoms. The predicted molar refractivity (Wildman–Crippen MR) is 231 cm³/mol. The highest BCUT2D eigenvalue weighted by molar-refractivity contribution is 5.80. The number of rotatable bonds is 43. The van der Waals surface area contributed by atoms with Gasteiger partial charge in [-0.05, 0) is 32.1 Å². The zero-order valence-corrected chi connectivity index (χ0v) is 35.7. The minimum Gasteiger partial charge on any atom is -0.394 e. The Hall–Kier alpha value is -1.17. The van der Waals surface area contributed by atoms with Crippen LogP contribution in [0.25, 0.3) is 0 Å². The van der Waals surface area contributed by atoms with E-state index in [1.165, 1.54) is 193 Å². The van der Waals surface area contributed by atoms with E-state index in [2.05, 4.69) is 31.3 Å². The van der Waals surface area contributed by atoms with Gasteiger partial charge in [-0.25, -0.2) is 0 Å². The predicted octanol–water partition coefficient (Wildman–Crippen LogP) is 13.8. The number of carbonyl (C=O) groups is 1. The second-order valence-electron chi connectivity index (χ2n) is 16.3. The quantitative estimate of drug-likeness (QED) is 0.0369. The lowest BCUT2D eigenvalue weighted by molar-refractivity contribution is -0.131. The van der Waals surface area contributed by atoms with E-state index in [1.807, 2.05) is 6.08 Å². The lowest BCUT2D eigenvalue weighted by Crippen LogP contribution is -2.48. The first-order valence-corrected chi connectivity index (χ1v) is 23.7. The highest BCUT2D eigenvalue weighted by atomic mass is 16.3. The number of carbonyl (C=O) groups excluding carboxylic acids is 1. The van der Waals surface area contributed by atoms with Crippen LogP contribution in [-0.2, 0) is 4.79 Å². The molecule has 0 saturated carbocycles. The van der Waals surface area contributed by atoms with Gasteiger partial charge < -0.3 is 20.6 Å². The van der Waals surface area contributed by atoms with Gasteiger partial charge in [-0.2, -0.15) is 0 Å². The molecule has 314 valence electrons. The maximum absolute atomic E-state index is 12.5. The van der Waals surface area contributed by atoms with E-state index < -0.39 is 24.2 Å². The van der Waals surface area contributed by atoms with Gasteiger partial charge in [0.05, 0.1) is 18.8 Å². The van der Waals surface area contributed by atoms with Crippen molar-refractivity contribution in [2.75, 3.05) is 6.61 Å². The van der Waals surface area contributed by atoms with Crippen molar-refractivity contribution >= 4 is 5.91 Å². The molecule has 0 saturated heterocycles. The van der Waals surface area contributed by atoms with Crippen LogP contribution in [0.2, 0.25) is 0 Å². The van der Waals surface area contributed by atoms with E-state index in [1.54, 1.807) is 6.08 Å². The van der Waals surface area contributed by atoms with Crippen LogP contribution in [-0.4, -0.2) is 46.1 Å². The number of aliphatic hydroxyl groups is 3. The monoisotopic (exact) mass is 748 g/mol. The molecular weight excluding hydrogens is 655 g/mol. The third-order valence-corrected chi connectivity index (χ3v) is 11.0. The topological polar surface area (TPSA) is 89.8 Å². The normalized spacial score (nSPS) is 13.7. The summed E-state index contributed by atoms with van der Waals surface area (Å²) < 4.78 is 0. The molecule has 3 atom stereocenters. The molecule has 0 rings (SSSR count). The van der Waals surface area contributed by atoms with Crippen molar-refractivity contribution in [3.63, 3.8) is 0 Å². The maximum Gasteiger partial charge on any atom is 0.249 e. The van der Waals surface area contributed by atoms with Gasteiger partial charge in [0, 0.05) is 0 Å². The molecular formula is C48H93NO4. The molecule has 0 radical (unpaired) electrons. The highest BCUT2D eigenvalue weighted by Crippen LogP contribution is 2.16. The molecule has 3 unspecified atom stereocenters. The fourth-order valence-electron chi connectivity index (χ4n) is 7.32. The first-order valence-electron chi connectivity index (χ1n) is 23.7. The van der Waals surface area contributed by atoms with Gasteiger partial charge in [0.2, 0.25) is 5.91 Å². The van der Waals surface area contributed by atoms with Crippen LogP contribution in [0.3, 0.4) is 0 Å². The Morgan fingerprint density at radius 2 is 0.774 bits per heavy atom. The van der Waals surface area contributed by atoms with Gasteiger partial charge in [-0.1, -0.05) is 244 Å². The van der Waals surface area contributed by atoms with Crippen LogP contribution in [0.4, 0.5) is 0 Å². The van der Waals surface area contributed by atoms with Crippen LogP contribution in [0.15, 0.2) is 24.3 Å². The number of hydrogen-bond donors (Lipinski definition) is 4. The van der Waals surface area contributed by atoms with E-state index in [0.717, 1.165) is 38.5 Å². The summed E-state index contributed by atoms with van der Waals surface area (Å²) in [5.74, 6) is -0.509. The van der Waals surface area contributed by atoms with Gasteiger partial charge >= 0.3 is 0 Å². The average Bonchev–Trinajstić information content (AvgIpc) is 3.16. The SMILES string of the molecule is CCCCCCCCCCCCC/C=C/CC/C=C/C(O)C(CO)NC(=O)C(O)CCCCCCCCCCCCCCCCCCCCCCCC. The van der Waals surface area contributed by atoms with Crippen molar-refractivity contribution in [3.8, 4) is 0 Å². The number of hydrogen-bond acceptors (Lipinski definition) is 4. The van der Waals surface area contributed by atoms with Gasteiger partial charge in [0.15, 0.2) is 0 Å². The molecule has 0 heterocycles. The van der Waals surface area contributed by atoms with Gasteiger partial charge in [0.25, 0.3) is 0 Å². The van der Waals surface area contributed by atoms with Crippen molar-refractivity contribution in [1.82, 2.24) is 5.32 Å². The Bertz CT molecular complexity index is 784. The minimum atomic E-state index is -1.10. The summed E-state index contributed by atoms with van der Waals surface area (Å²) in [6.45, 7) is 4.19. The first kappa shape index (κ1) is 51.8. The largest absolute Gasteiger partial charge is 0.394 e. The molecule has 5 heteroatoms.